The van der Waals surface area contributed by atoms with Crippen LogP contribution in [0.15, 0.2) is 39.9 Å². The zero-order valence-corrected chi connectivity index (χ0v) is 17.2. The molecular weight excluding hydrogens is 430 g/mol. The van der Waals surface area contributed by atoms with E-state index in [2.05, 4.69) is 26.5 Å². The van der Waals surface area contributed by atoms with E-state index in [9.17, 15) is 20.0 Å². The van der Waals surface area contributed by atoms with Gasteiger partial charge in [-0.05, 0) is 36.1 Å². The van der Waals surface area contributed by atoms with E-state index < -0.39 is 22.3 Å². The van der Waals surface area contributed by atoms with Crippen molar-refractivity contribution in [3.63, 3.8) is 0 Å². The van der Waals surface area contributed by atoms with Gasteiger partial charge in [-0.1, -0.05) is 41.9 Å². The molecule has 0 aliphatic heterocycles. The van der Waals surface area contributed by atoms with Gasteiger partial charge in [0, 0.05) is 16.1 Å². The molecule has 9 heteroatoms. The molecule has 0 aromatic heterocycles. The van der Waals surface area contributed by atoms with Crippen LogP contribution >= 0.6 is 15.9 Å². The molecule has 8 nitrogen and oxygen atoms in total. The first kappa shape index (κ1) is 21.4. The van der Waals surface area contributed by atoms with Gasteiger partial charge < -0.3 is 9.84 Å². The Morgan fingerprint density at radius 2 is 2.11 bits per heavy atom. The molecule has 0 saturated heterocycles. The minimum atomic E-state index is -0.710. The van der Waals surface area contributed by atoms with Crippen LogP contribution in [0.5, 0.6) is 11.5 Å². The molecule has 2 N–H and O–H groups in total. The van der Waals surface area contributed by atoms with Crippen molar-refractivity contribution in [3.05, 3.63) is 61.6 Å². The number of phenolic OH excluding ortho intramolecular Hbond substituents is 1. The molecule has 0 saturated carbocycles. The van der Waals surface area contributed by atoms with Gasteiger partial charge >= 0.3 is 5.69 Å². The number of aromatic hydroxyl groups is 1. The molecule has 0 aliphatic carbocycles. The number of hydrogen-bond donors (Lipinski definition) is 2. The number of aryl methyl sites for hydroxylation is 1. The first-order valence-corrected chi connectivity index (χ1v) is 9.20. The van der Waals surface area contributed by atoms with Gasteiger partial charge in [-0.15, -0.1) is 0 Å². The highest BCUT2D eigenvalue weighted by atomic mass is 79.9. The summed E-state index contributed by atoms with van der Waals surface area (Å²) in [5.74, 6) is -0.165. The summed E-state index contributed by atoms with van der Waals surface area (Å²) in [6.07, 6.45) is 1.12. The van der Waals surface area contributed by atoms with E-state index in [-0.39, 0.29) is 18.1 Å². The molecule has 1 amide bonds. The van der Waals surface area contributed by atoms with Crippen molar-refractivity contribution in [1.29, 1.82) is 0 Å². The first-order chi connectivity index (χ1) is 13.2. The number of hydrogen-bond acceptors (Lipinski definition) is 6. The van der Waals surface area contributed by atoms with Crippen LogP contribution in [0.2, 0.25) is 0 Å². The smallest absolute Gasteiger partial charge is 0.312 e. The van der Waals surface area contributed by atoms with Crippen molar-refractivity contribution in [2.45, 2.75) is 26.7 Å². The van der Waals surface area contributed by atoms with E-state index >= 15 is 0 Å². The summed E-state index contributed by atoms with van der Waals surface area (Å²) in [6, 6.07) is 8.43. The Hall–Kier alpha value is -2.94. The third-order valence-electron chi connectivity index (χ3n) is 3.82. The van der Waals surface area contributed by atoms with E-state index in [0.29, 0.717) is 10.2 Å². The Balaban J connectivity index is 2.02. The largest absolute Gasteiger partial charge is 0.502 e. The van der Waals surface area contributed by atoms with Crippen molar-refractivity contribution in [1.82, 2.24) is 5.43 Å². The van der Waals surface area contributed by atoms with E-state index in [0.717, 1.165) is 17.3 Å². The highest BCUT2D eigenvalue weighted by molar-refractivity contribution is 9.10. The number of amides is 1. The number of hydrazone groups is 1. The molecule has 0 unspecified atom stereocenters. The molecule has 0 radical (unpaired) electrons. The van der Waals surface area contributed by atoms with E-state index in [1.165, 1.54) is 12.1 Å². The van der Waals surface area contributed by atoms with Gasteiger partial charge in [0.1, 0.15) is 5.75 Å². The fourth-order valence-electron chi connectivity index (χ4n) is 2.44. The van der Waals surface area contributed by atoms with Gasteiger partial charge in [-0.25, -0.2) is 5.43 Å². The third kappa shape index (κ3) is 5.53. The lowest BCUT2D eigenvalue weighted by Crippen LogP contribution is -2.25. The number of phenols is 1. The number of nitrogens with one attached hydrogen (secondary N) is 1. The number of ether oxygens (including phenoxy) is 1. The topological polar surface area (TPSA) is 114 Å². The van der Waals surface area contributed by atoms with E-state index in [1.54, 1.807) is 0 Å². The monoisotopic (exact) mass is 449 g/mol. The zero-order chi connectivity index (χ0) is 20.8. The minimum Gasteiger partial charge on any atom is -0.502 e. The van der Waals surface area contributed by atoms with Crippen LogP contribution in [-0.2, 0) is 4.79 Å². The van der Waals surface area contributed by atoms with Gasteiger partial charge in [0.15, 0.2) is 6.61 Å². The number of nitro groups is 1. The number of carbonyl (C=O) groups excluding carboxylic acids is 1. The van der Waals surface area contributed by atoms with E-state index in [4.69, 9.17) is 4.74 Å². The number of nitrogens with zero attached hydrogens (tertiary/aromatic N) is 2. The number of halogens is 1. The zero-order valence-electron chi connectivity index (χ0n) is 15.6. The lowest BCUT2D eigenvalue weighted by Gasteiger charge is -2.14. The molecule has 0 spiro atoms. The number of benzene rings is 2. The average molecular weight is 450 g/mol. The van der Waals surface area contributed by atoms with Crippen molar-refractivity contribution in [3.8, 4) is 11.5 Å². The molecular formula is C19H20BrN3O5. The van der Waals surface area contributed by atoms with Crippen LogP contribution < -0.4 is 10.2 Å². The molecule has 28 heavy (non-hydrogen) atoms. The molecule has 0 fully saturated rings. The molecule has 2 aromatic carbocycles. The Labute approximate surface area is 170 Å². The van der Waals surface area contributed by atoms with Crippen molar-refractivity contribution < 1.29 is 19.6 Å². The van der Waals surface area contributed by atoms with Crippen LogP contribution in [0.1, 0.15) is 36.5 Å². The Bertz CT molecular complexity index is 928. The standard InChI is InChI=1S/C19H20BrN3O5/c1-11(2)15-5-4-12(3)6-17(15)28-10-18(24)22-21-9-13-7-14(20)8-16(19(13)25)23(26)27/h4-9,11,25H,10H2,1-3H3,(H,22,24)/b21-9-. The minimum absolute atomic E-state index is 0.0862. The van der Waals surface area contributed by atoms with Crippen LogP contribution in [0.3, 0.4) is 0 Å². The Kier molecular flexibility index (Phi) is 7.11. The number of nitro benzene ring substituents is 1. The molecule has 0 bridgehead atoms. The quantitative estimate of drug-likeness (QED) is 0.376. The summed E-state index contributed by atoms with van der Waals surface area (Å²) in [4.78, 5) is 22.2. The molecule has 2 aromatic rings. The molecule has 148 valence electrons. The van der Waals surface area contributed by atoms with Gasteiger partial charge in [0.2, 0.25) is 5.75 Å². The average Bonchev–Trinajstić information content (AvgIpc) is 2.62. The van der Waals surface area contributed by atoms with Crippen molar-refractivity contribution in [2.75, 3.05) is 6.61 Å². The van der Waals surface area contributed by atoms with Crippen molar-refractivity contribution >= 4 is 33.7 Å². The fraction of sp³-hybridized carbons (Fsp3) is 0.263. The van der Waals surface area contributed by atoms with Crippen LogP contribution in [-0.4, -0.2) is 28.8 Å². The van der Waals surface area contributed by atoms with Crippen LogP contribution in [0, 0.1) is 17.0 Å². The highest BCUT2D eigenvalue weighted by Crippen LogP contribution is 2.32. The third-order valence-corrected chi connectivity index (χ3v) is 4.28. The fourth-order valence-corrected chi connectivity index (χ4v) is 2.90. The van der Waals surface area contributed by atoms with Gasteiger partial charge in [0.05, 0.1) is 11.1 Å². The number of rotatable bonds is 7. The summed E-state index contributed by atoms with van der Waals surface area (Å²) in [6.45, 7) is 5.76. The first-order valence-electron chi connectivity index (χ1n) is 8.41. The summed E-state index contributed by atoms with van der Waals surface area (Å²) in [5, 5.41) is 24.6. The maximum atomic E-state index is 12.0. The second kappa shape index (κ2) is 9.32. The van der Waals surface area contributed by atoms with Gasteiger partial charge in [-0.2, -0.15) is 5.10 Å². The molecule has 2 rings (SSSR count). The Morgan fingerprint density at radius 1 is 1.39 bits per heavy atom. The maximum absolute atomic E-state index is 12.0. The SMILES string of the molecule is Cc1ccc(C(C)C)c(OCC(=O)N/N=C\c2cc(Br)cc([N+](=O)[O-])c2O)c1. The van der Waals surface area contributed by atoms with E-state index in [1.807, 2.05) is 39.0 Å². The summed E-state index contributed by atoms with van der Waals surface area (Å²) < 4.78 is 6.00. The summed E-state index contributed by atoms with van der Waals surface area (Å²) in [7, 11) is 0. The predicted molar refractivity (Wildman–Crippen MR) is 109 cm³/mol. The van der Waals surface area contributed by atoms with Crippen LogP contribution in [0.25, 0.3) is 0 Å². The molecule has 0 heterocycles. The highest BCUT2D eigenvalue weighted by Gasteiger charge is 2.17. The Morgan fingerprint density at radius 3 is 2.75 bits per heavy atom. The lowest BCUT2D eigenvalue weighted by molar-refractivity contribution is -0.385. The van der Waals surface area contributed by atoms with Crippen LogP contribution in [0.4, 0.5) is 5.69 Å². The van der Waals surface area contributed by atoms with Gasteiger partial charge in [0.25, 0.3) is 5.91 Å². The number of carbonyl (C=O) groups is 1. The molecule has 0 atom stereocenters. The summed E-state index contributed by atoms with van der Waals surface area (Å²) >= 11 is 3.13. The second-order valence-corrected chi connectivity index (χ2v) is 7.31. The summed E-state index contributed by atoms with van der Waals surface area (Å²) in [5.41, 5.74) is 3.90. The molecule has 0 aliphatic rings. The normalized spacial score (nSPS) is 11.0. The lowest BCUT2D eigenvalue weighted by atomic mass is 10.0. The van der Waals surface area contributed by atoms with Crippen molar-refractivity contribution in [2.24, 2.45) is 5.10 Å². The predicted octanol–water partition coefficient (Wildman–Crippen LogP) is 4.02. The maximum Gasteiger partial charge on any atom is 0.312 e. The second-order valence-electron chi connectivity index (χ2n) is 6.40. The van der Waals surface area contributed by atoms with Gasteiger partial charge in [-0.3, -0.25) is 14.9 Å².